The van der Waals surface area contributed by atoms with Gasteiger partial charge in [0.05, 0.1) is 24.3 Å². The second kappa shape index (κ2) is 17.7. The normalized spacial score (nSPS) is 20.7. The van der Waals surface area contributed by atoms with E-state index in [1.54, 1.807) is 24.3 Å². The van der Waals surface area contributed by atoms with Gasteiger partial charge in [0.2, 0.25) is 5.78 Å². The number of carbonyl (C=O) groups is 2. The van der Waals surface area contributed by atoms with Crippen molar-refractivity contribution in [2.45, 2.75) is 118 Å². The number of rotatable bonds is 14. The Bertz CT molecular complexity index is 2000. The number of fused-ring (bicyclic) bond motifs is 2. The molecule has 0 spiro atoms. The van der Waals surface area contributed by atoms with Gasteiger partial charge in [-0.05, 0) is 134 Å². The molecule has 56 heavy (non-hydrogen) atoms. The third-order valence-electron chi connectivity index (χ3n) is 13.0. The first-order chi connectivity index (χ1) is 27.2. The fourth-order valence-electron chi connectivity index (χ4n) is 9.70. The van der Waals surface area contributed by atoms with E-state index in [4.69, 9.17) is 9.47 Å². The van der Waals surface area contributed by atoms with Crippen LogP contribution in [0.4, 0.5) is 0 Å². The Morgan fingerprint density at radius 1 is 0.536 bits per heavy atom. The van der Waals surface area contributed by atoms with Crippen LogP contribution in [0.3, 0.4) is 0 Å². The van der Waals surface area contributed by atoms with E-state index in [2.05, 4.69) is 13.8 Å². The number of benzene rings is 4. The van der Waals surface area contributed by atoms with Gasteiger partial charge in [0.1, 0.15) is 23.0 Å². The molecule has 2 saturated carbocycles. The Hall–Kier alpha value is -4.58. The van der Waals surface area contributed by atoms with E-state index in [1.807, 2.05) is 50.2 Å². The van der Waals surface area contributed by atoms with Gasteiger partial charge >= 0.3 is 0 Å². The molecule has 4 aromatic carbocycles. The number of unbranched alkanes of at least 4 members (excludes halogenated alkanes) is 2. The lowest BCUT2D eigenvalue weighted by Gasteiger charge is -2.29. The molecule has 3 aliphatic carbocycles. The summed E-state index contributed by atoms with van der Waals surface area (Å²) in [5, 5.41) is 23.3. The Morgan fingerprint density at radius 2 is 1.02 bits per heavy atom. The average molecular weight is 757 g/mol. The van der Waals surface area contributed by atoms with E-state index in [1.165, 1.54) is 89.9 Å². The average Bonchev–Trinajstić information content (AvgIpc) is 3.20. The van der Waals surface area contributed by atoms with Gasteiger partial charge in [-0.2, -0.15) is 0 Å². The zero-order valence-corrected chi connectivity index (χ0v) is 33.9. The van der Waals surface area contributed by atoms with E-state index in [9.17, 15) is 19.8 Å². The summed E-state index contributed by atoms with van der Waals surface area (Å²) in [7, 11) is 0. The highest BCUT2D eigenvalue weighted by Crippen LogP contribution is 2.45. The molecule has 0 unspecified atom stereocenters. The highest BCUT2D eigenvalue weighted by atomic mass is 16.5. The number of phenols is 2. The quantitative estimate of drug-likeness (QED) is 0.110. The van der Waals surface area contributed by atoms with Crippen molar-refractivity contribution in [2.75, 3.05) is 13.2 Å². The molecule has 0 atom stereocenters. The lowest BCUT2D eigenvalue weighted by Crippen LogP contribution is -2.21. The third kappa shape index (κ3) is 8.40. The molecule has 2 fully saturated rings. The Morgan fingerprint density at radius 3 is 1.55 bits per heavy atom. The molecule has 0 bridgehead atoms. The summed E-state index contributed by atoms with van der Waals surface area (Å²) in [6.45, 7) is 9.94. The maximum Gasteiger partial charge on any atom is 0.202 e. The number of ether oxygens (including phenoxy) is 2. The highest BCUT2D eigenvalue weighted by Gasteiger charge is 2.36. The number of hydrogen-bond donors (Lipinski definition) is 2. The molecule has 0 saturated heterocycles. The van der Waals surface area contributed by atoms with E-state index >= 15 is 0 Å². The number of aryl methyl sites for hydroxylation is 2. The number of phenolic OH excluding ortho intramolecular Hbond substituents is 2. The van der Waals surface area contributed by atoms with Crippen LogP contribution < -0.4 is 9.47 Å². The van der Waals surface area contributed by atoms with Crippen LogP contribution in [0.15, 0.2) is 60.7 Å². The first kappa shape index (κ1) is 39.6. The van der Waals surface area contributed by atoms with E-state index in [-0.39, 0.29) is 33.8 Å². The zero-order valence-electron chi connectivity index (χ0n) is 33.9. The van der Waals surface area contributed by atoms with Crippen molar-refractivity contribution in [3.8, 4) is 45.3 Å². The molecule has 3 aliphatic rings. The molecule has 4 aromatic rings. The van der Waals surface area contributed by atoms with Crippen molar-refractivity contribution < 1.29 is 29.3 Å². The van der Waals surface area contributed by atoms with Gasteiger partial charge in [-0.1, -0.05) is 90.2 Å². The maximum atomic E-state index is 14.2. The van der Waals surface area contributed by atoms with Crippen molar-refractivity contribution in [3.63, 3.8) is 0 Å². The minimum atomic E-state index is -0.574. The van der Waals surface area contributed by atoms with Crippen LogP contribution in [0.25, 0.3) is 22.3 Å². The van der Waals surface area contributed by atoms with Gasteiger partial charge in [0, 0.05) is 22.3 Å². The predicted molar refractivity (Wildman–Crippen MR) is 224 cm³/mol. The topological polar surface area (TPSA) is 93.1 Å². The lowest BCUT2D eigenvalue weighted by atomic mass is 9.80. The molecular weight excluding hydrogens is 697 g/mol. The summed E-state index contributed by atoms with van der Waals surface area (Å²) >= 11 is 0. The Kier molecular flexibility index (Phi) is 12.5. The second-order valence-electron chi connectivity index (χ2n) is 17.1. The van der Waals surface area contributed by atoms with Crippen molar-refractivity contribution >= 4 is 11.6 Å². The van der Waals surface area contributed by atoms with Crippen LogP contribution in [0.5, 0.6) is 23.0 Å². The minimum absolute atomic E-state index is 0.0825. The molecule has 0 aliphatic heterocycles. The maximum absolute atomic E-state index is 14.2. The van der Waals surface area contributed by atoms with E-state index in [0.717, 1.165) is 40.0 Å². The van der Waals surface area contributed by atoms with Gasteiger partial charge in [0.25, 0.3) is 0 Å². The molecule has 7 rings (SSSR count). The second-order valence-corrected chi connectivity index (χ2v) is 17.1. The molecule has 296 valence electrons. The standard InChI is InChI=1S/C50H60O6/c1-5-7-8-10-34-13-17-36(18-14-34)30-56-50-31(3)27-38(28-32(50)4)41-24-26-43-45(48(41)53)49(54)44-42(46(43)51)25-23-40(47(44)52)37-19-21-39(22-20-37)55-29-35-15-11-33(9-6-2)12-16-35/h19-28,33-36,52-53H,5-18,29-30H2,1-4H3. The number of ketones is 2. The van der Waals surface area contributed by atoms with Crippen molar-refractivity contribution in [2.24, 2.45) is 23.7 Å². The van der Waals surface area contributed by atoms with Crippen LogP contribution >= 0.6 is 0 Å². The molecule has 0 aromatic heterocycles. The summed E-state index contributed by atoms with van der Waals surface area (Å²) in [6.07, 6.45) is 17.9. The molecule has 2 N–H and O–H groups in total. The zero-order chi connectivity index (χ0) is 39.3. The number of carbonyl (C=O) groups excluding carboxylic acids is 2. The van der Waals surface area contributed by atoms with Crippen LogP contribution in [0, 0.1) is 37.5 Å². The van der Waals surface area contributed by atoms with Gasteiger partial charge in [-0.3, -0.25) is 9.59 Å². The molecule has 6 nitrogen and oxygen atoms in total. The van der Waals surface area contributed by atoms with Gasteiger partial charge in [-0.15, -0.1) is 0 Å². The Balaban J connectivity index is 1.05. The third-order valence-corrected chi connectivity index (χ3v) is 13.0. The summed E-state index contributed by atoms with van der Waals surface area (Å²) in [5.74, 6) is 2.96. The smallest absolute Gasteiger partial charge is 0.202 e. The summed E-state index contributed by atoms with van der Waals surface area (Å²) in [6, 6.07) is 18.0. The summed E-state index contributed by atoms with van der Waals surface area (Å²) < 4.78 is 12.6. The molecule has 0 radical (unpaired) electrons. The summed E-state index contributed by atoms with van der Waals surface area (Å²) in [4.78, 5) is 28.0. The predicted octanol–water partition coefficient (Wildman–Crippen LogP) is 12.6. The summed E-state index contributed by atoms with van der Waals surface area (Å²) in [5.41, 5.74) is 4.31. The van der Waals surface area contributed by atoms with E-state index in [0.29, 0.717) is 41.7 Å². The van der Waals surface area contributed by atoms with Crippen molar-refractivity contribution in [1.29, 1.82) is 0 Å². The van der Waals surface area contributed by atoms with Crippen molar-refractivity contribution in [1.82, 2.24) is 0 Å². The largest absolute Gasteiger partial charge is 0.507 e. The van der Waals surface area contributed by atoms with Crippen molar-refractivity contribution in [3.05, 3.63) is 94.0 Å². The fourth-order valence-corrected chi connectivity index (χ4v) is 9.70. The van der Waals surface area contributed by atoms with Gasteiger partial charge in [0.15, 0.2) is 5.78 Å². The van der Waals surface area contributed by atoms with E-state index < -0.39 is 11.6 Å². The molecular formula is C50H60O6. The monoisotopic (exact) mass is 756 g/mol. The van der Waals surface area contributed by atoms with Crippen LogP contribution in [-0.2, 0) is 0 Å². The lowest BCUT2D eigenvalue weighted by molar-refractivity contribution is 0.0974. The number of aromatic hydroxyl groups is 2. The van der Waals surface area contributed by atoms with Gasteiger partial charge < -0.3 is 19.7 Å². The van der Waals surface area contributed by atoms with Crippen LogP contribution in [0.2, 0.25) is 0 Å². The molecule has 0 amide bonds. The first-order valence-corrected chi connectivity index (χ1v) is 21.5. The first-order valence-electron chi connectivity index (χ1n) is 21.5. The molecule has 6 heteroatoms. The SMILES string of the molecule is CCCCCC1CCC(COc2c(C)cc(-c3ccc4c(c3O)C(=O)c3c(ccc(-c5ccc(OCC6CCC(CCC)CC6)cc5)c3O)C4=O)cc2C)CC1. The van der Waals surface area contributed by atoms with Gasteiger partial charge in [-0.25, -0.2) is 0 Å². The molecule has 0 heterocycles. The fraction of sp³-hybridized carbons (Fsp3) is 0.480. The minimum Gasteiger partial charge on any atom is -0.507 e. The highest BCUT2D eigenvalue weighted by molar-refractivity contribution is 6.31. The number of hydrogen-bond acceptors (Lipinski definition) is 6. The van der Waals surface area contributed by atoms with Crippen LogP contribution in [0.1, 0.15) is 147 Å². The Labute approximate surface area is 333 Å². The van der Waals surface area contributed by atoms with Crippen LogP contribution in [-0.4, -0.2) is 35.0 Å².